The molecule has 0 aliphatic carbocycles. The molecule has 0 radical (unpaired) electrons. The number of fused-ring (bicyclic) bond motifs is 3. The fraction of sp³-hybridized carbons (Fsp3) is 0.366. The first-order valence-electron chi connectivity index (χ1n) is 17.5. The minimum Gasteiger partial charge on any atom is -0.497 e. The Morgan fingerprint density at radius 1 is 0.920 bits per heavy atom. The van der Waals surface area contributed by atoms with E-state index in [4.69, 9.17) is 14.2 Å². The second-order valence-electron chi connectivity index (χ2n) is 14.5. The molecular formula is C41H46N2O6Si. The van der Waals surface area contributed by atoms with Crippen LogP contribution in [0.2, 0.25) is 18.6 Å². The summed E-state index contributed by atoms with van der Waals surface area (Å²) in [5.41, 5.74) is 3.43. The van der Waals surface area contributed by atoms with Crippen LogP contribution in [-0.2, 0) is 39.4 Å². The standard InChI is InChI=1S/C41H46N2O6Si/c1-27-39(50(4,5)34-18-15-32(47-2)16-19-34)37(23-38(45)42-25-30-14-10-9-13-29(30)21-31(42)26-44)49-41(27)35-22-33(48-3)17-20-36(35)43(40(41)46)24-28-11-7-6-8-12-28/h6-20,22,27,31,37,39,44H,21,23-26H2,1-5H3/t27-,31+,37+,39-,41+/m1/s1. The first kappa shape index (κ1) is 34.0. The SMILES string of the molecule is COc1ccc([Si](C)(C)[C@H]2[C@H](CC(=O)N3Cc4ccccc4C[C@H]3CO)O[C@@]3(C(=O)N(Cc4ccccc4)c4ccc(OC)cc43)[C@@H]2C)cc1. The van der Waals surface area contributed by atoms with Crippen LogP contribution in [0.5, 0.6) is 11.5 Å². The summed E-state index contributed by atoms with van der Waals surface area (Å²) >= 11 is 0. The second kappa shape index (κ2) is 13.4. The Morgan fingerprint density at radius 2 is 1.58 bits per heavy atom. The van der Waals surface area contributed by atoms with Gasteiger partial charge in [-0.25, -0.2) is 0 Å². The lowest BCUT2D eigenvalue weighted by molar-refractivity contribution is -0.151. The maximum atomic E-state index is 15.1. The summed E-state index contributed by atoms with van der Waals surface area (Å²) in [6, 6.07) is 31.8. The van der Waals surface area contributed by atoms with Crippen molar-refractivity contribution in [3.63, 3.8) is 0 Å². The number of methoxy groups -OCH3 is 2. The molecule has 1 saturated heterocycles. The summed E-state index contributed by atoms with van der Waals surface area (Å²) in [6.45, 7) is 7.47. The summed E-state index contributed by atoms with van der Waals surface area (Å²) in [5, 5.41) is 11.6. The Labute approximate surface area is 295 Å². The third-order valence-corrected chi connectivity index (χ3v) is 15.8. The molecule has 0 bridgehead atoms. The zero-order valence-corrected chi connectivity index (χ0v) is 30.5. The zero-order chi connectivity index (χ0) is 35.2. The van der Waals surface area contributed by atoms with Gasteiger partial charge in [0.15, 0.2) is 5.60 Å². The predicted octanol–water partition coefficient (Wildman–Crippen LogP) is 5.80. The molecule has 1 fully saturated rings. The lowest BCUT2D eigenvalue weighted by Crippen LogP contribution is -2.52. The number of nitrogens with zero attached hydrogens (tertiary/aromatic N) is 2. The van der Waals surface area contributed by atoms with E-state index in [1.165, 1.54) is 5.19 Å². The van der Waals surface area contributed by atoms with Crippen LogP contribution in [0.25, 0.3) is 0 Å². The van der Waals surface area contributed by atoms with E-state index in [2.05, 4.69) is 44.3 Å². The molecule has 8 nitrogen and oxygen atoms in total. The van der Waals surface area contributed by atoms with E-state index in [9.17, 15) is 9.90 Å². The molecule has 1 N–H and O–H groups in total. The Hall–Kier alpha value is -4.44. The van der Waals surface area contributed by atoms with E-state index < -0.39 is 19.8 Å². The Morgan fingerprint density at radius 3 is 2.26 bits per heavy atom. The minimum absolute atomic E-state index is 0.0743. The fourth-order valence-corrected chi connectivity index (χ4v) is 12.9. The van der Waals surface area contributed by atoms with Crippen LogP contribution < -0.4 is 19.6 Å². The number of hydrogen-bond donors (Lipinski definition) is 1. The molecule has 0 unspecified atom stereocenters. The third kappa shape index (κ3) is 5.61. The first-order valence-corrected chi connectivity index (χ1v) is 20.5. The van der Waals surface area contributed by atoms with Gasteiger partial charge in [-0.05, 0) is 59.0 Å². The lowest BCUT2D eigenvalue weighted by atomic mass is 9.82. The van der Waals surface area contributed by atoms with Gasteiger partial charge in [0.2, 0.25) is 5.91 Å². The van der Waals surface area contributed by atoms with E-state index in [0.717, 1.165) is 33.7 Å². The molecule has 50 heavy (non-hydrogen) atoms. The van der Waals surface area contributed by atoms with Crippen LogP contribution in [-0.4, -0.2) is 62.9 Å². The number of ether oxygens (including phenoxy) is 3. The molecule has 0 aromatic heterocycles. The van der Waals surface area contributed by atoms with Gasteiger partial charge < -0.3 is 29.1 Å². The van der Waals surface area contributed by atoms with Gasteiger partial charge in [0.1, 0.15) is 11.5 Å². The molecule has 9 heteroatoms. The molecule has 2 amide bonds. The normalized spacial score (nSPS) is 24.3. The van der Waals surface area contributed by atoms with Crippen molar-refractivity contribution in [1.82, 2.24) is 4.90 Å². The summed E-state index contributed by atoms with van der Waals surface area (Å²) in [6.07, 6.45) is 0.158. The van der Waals surface area contributed by atoms with Crippen molar-refractivity contribution in [3.05, 3.63) is 119 Å². The maximum absolute atomic E-state index is 15.1. The smallest absolute Gasteiger partial charge is 0.264 e. The van der Waals surface area contributed by atoms with Crippen LogP contribution in [0.1, 0.15) is 35.6 Å². The molecular weight excluding hydrogens is 645 g/mol. The number of aliphatic hydroxyl groups excluding tert-OH is 1. The number of hydrogen-bond acceptors (Lipinski definition) is 6. The third-order valence-electron chi connectivity index (χ3n) is 11.5. The lowest BCUT2D eigenvalue weighted by Gasteiger charge is -2.39. The van der Waals surface area contributed by atoms with Crippen molar-refractivity contribution in [1.29, 1.82) is 0 Å². The van der Waals surface area contributed by atoms with Crippen LogP contribution in [0.15, 0.2) is 97.1 Å². The molecule has 4 aromatic rings. The average Bonchev–Trinajstić information content (AvgIpc) is 3.56. The molecule has 4 aromatic carbocycles. The monoisotopic (exact) mass is 690 g/mol. The van der Waals surface area contributed by atoms with E-state index in [1.54, 1.807) is 14.2 Å². The average molecular weight is 691 g/mol. The number of amides is 2. The second-order valence-corrected chi connectivity index (χ2v) is 19.1. The summed E-state index contributed by atoms with van der Waals surface area (Å²) < 4.78 is 18.4. The minimum atomic E-state index is -2.47. The predicted molar refractivity (Wildman–Crippen MR) is 196 cm³/mol. The van der Waals surface area contributed by atoms with Crippen molar-refractivity contribution in [3.8, 4) is 11.5 Å². The zero-order valence-electron chi connectivity index (χ0n) is 29.5. The van der Waals surface area contributed by atoms with Gasteiger partial charge in [0.25, 0.3) is 5.91 Å². The maximum Gasteiger partial charge on any atom is 0.264 e. The number of anilines is 1. The summed E-state index contributed by atoms with van der Waals surface area (Å²) in [5.74, 6) is 0.973. The molecule has 1 spiro atoms. The fourth-order valence-electron chi connectivity index (χ4n) is 8.87. The van der Waals surface area contributed by atoms with Crippen LogP contribution in [0, 0.1) is 5.92 Å². The highest BCUT2D eigenvalue weighted by Gasteiger charge is 2.66. The van der Waals surface area contributed by atoms with E-state index in [1.807, 2.05) is 82.6 Å². The van der Waals surface area contributed by atoms with Crippen molar-refractivity contribution >= 4 is 30.8 Å². The first-order chi connectivity index (χ1) is 24.1. The van der Waals surface area contributed by atoms with Gasteiger partial charge >= 0.3 is 0 Å². The summed E-state index contributed by atoms with van der Waals surface area (Å²) in [4.78, 5) is 33.2. The van der Waals surface area contributed by atoms with Crippen LogP contribution in [0.4, 0.5) is 5.69 Å². The molecule has 3 heterocycles. The van der Waals surface area contributed by atoms with E-state index in [-0.39, 0.29) is 42.3 Å². The molecule has 3 aliphatic rings. The molecule has 5 atom stereocenters. The quantitative estimate of drug-likeness (QED) is 0.224. The Kier molecular flexibility index (Phi) is 9.09. The number of rotatable bonds is 9. The Bertz CT molecular complexity index is 1880. The number of carbonyl (C=O) groups is 2. The molecule has 3 aliphatic heterocycles. The van der Waals surface area contributed by atoms with E-state index >= 15 is 4.79 Å². The van der Waals surface area contributed by atoms with Gasteiger partial charge in [-0.3, -0.25) is 9.59 Å². The van der Waals surface area contributed by atoms with Gasteiger partial charge in [-0.15, -0.1) is 0 Å². The number of benzene rings is 4. The molecule has 7 rings (SSSR count). The van der Waals surface area contributed by atoms with Crippen LogP contribution in [0.3, 0.4) is 0 Å². The highest BCUT2D eigenvalue weighted by molar-refractivity contribution is 6.91. The number of aliphatic hydroxyl groups is 1. The van der Waals surface area contributed by atoms with Crippen molar-refractivity contribution in [2.24, 2.45) is 5.92 Å². The van der Waals surface area contributed by atoms with Gasteiger partial charge in [-0.2, -0.15) is 0 Å². The highest BCUT2D eigenvalue weighted by atomic mass is 28.3. The topological polar surface area (TPSA) is 88.5 Å². The highest BCUT2D eigenvalue weighted by Crippen LogP contribution is 2.60. The largest absolute Gasteiger partial charge is 0.497 e. The van der Waals surface area contributed by atoms with E-state index in [0.29, 0.717) is 25.3 Å². The van der Waals surface area contributed by atoms with Crippen molar-refractivity contribution < 1.29 is 28.9 Å². The van der Waals surface area contributed by atoms with Crippen LogP contribution >= 0.6 is 0 Å². The van der Waals surface area contributed by atoms with Gasteiger partial charge in [0, 0.05) is 18.0 Å². The van der Waals surface area contributed by atoms with Crippen molar-refractivity contribution in [2.75, 3.05) is 25.7 Å². The number of carbonyl (C=O) groups excluding carboxylic acids is 2. The molecule has 260 valence electrons. The van der Waals surface area contributed by atoms with Crippen molar-refractivity contribution in [2.45, 2.75) is 69.2 Å². The summed E-state index contributed by atoms with van der Waals surface area (Å²) in [7, 11) is 0.816. The molecule has 0 saturated carbocycles. The van der Waals surface area contributed by atoms with Gasteiger partial charge in [-0.1, -0.05) is 91.9 Å². The van der Waals surface area contributed by atoms with Gasteiger partial charge in [0.05, 0.1) is 59.7 Å². The Balaban J connectivity index is 1.31.